The Morgan fingerprint density at radius 2 is 2.24 bits per heavy atom. The quantitative estimate of drug-likeness (QED) is 0.784. The molecule has 1 saturated carbocycles. The molecule has 2 saturated heterocycles. The van der Waals surface area contributed by atoms with E-state index in [1.165, 1.54) is 32.4 Å². The third-order valence-corrected chi connectivity index (χ3v) is 5.61. The second kappa shape index (κ2) is 6.66. The van der Waals surface area contributed by atoms with Crippen LogP contribution in [0.3, 0.4) is 0 Å². The van der Waals surface area contributed by atoms with Crippen LogP contribution in [0, 0.1) is 11.3 Å². The lowest BCUT2D eigenvalue weighted by Crippen LogP contribution is -2.51. The Morgan fingerprint density at radius 1 is 1.38 bits per heavy atom. The molecule has 0 aromatic rings. The van der Waals surface area contributed by atoms with Crippen LogP contribution in [0.4, 0.5) is 0 Å². The summed E-state index contributed by atoms with van der Waals surface area (Å²) in [4.78, 5) is 15.4. The molecule has 4 nitrogen and oxygen atoms in total. The van der Waals surface area contributed by atoms with Gasteiger partial charge in [0.2, 0.25) is 5.91 Å². The van der Waals surface area contributed by atoms with E-state index in [0.717, 1.165) is 51.4 Å². The fourth-order valence-corrected chi connectivity index (χ4v) is 4.19. The maximum Gasteiger partial charge on any atom is 0.227 e. The van der Waals surface area contributed by atoms with Gasteiger partial charge < -0.3 is 15.5 Å². The minimum Gasteiger partial charge on any atom is -0.355 e. The van der Waals surface area contributed by atoms with Crippen LogP contribution in [0.25, 0.3) is 0 Å². The highest BCUT2D eigenvalue weighted by Crippen LogP contribution is 2.33. The second-order valence-corrected chi connectivity index (χ2v) is 7.40. The fourth-order valence-electron chi connectivity index (χ4n) is 4.19. The number of rotatable bonds is 6. The van der Waals surface area contributed by atoms with Gasteiger partial charge in [0.1, 0.15) is 0 Å². The summed E-state index contributed by atoms with van der Waals surface area (Å²) in [5, 5.41) is 6.72. The summed E-state index contributed by atoms with van der Waals surface area (Å²) in [7, 11) is 0. The maximum atomic E-state index is 12.7. The maximum absolute atomic E-state index is 12.7. The van der Waals surface area contributed by atoms with Crippen molar-refractivity contribution in [3.8, 4) is 0 Å². The third-order valence-electron chi connectivity index (χ3n) is 5.61. The van der Waals surface area contributed by atoms with Gasteiger partial charge in [-0.15, -0.1) is 0 Å². The van der Waals surface area contributed by atoms with Gasteiger partial charge in [0.25, 0.3) is 0 Å². The number of piperidine rings is 1. The molecule has 4 heteroatoms. The van der Waals surface area contributed by atoms with Crippen LogP contribution in [0.15, 0.2) is 0 Å². The van der Waals surface area contributed by atoms with Gasteiger partial charge in [-0.25, -0.2) is 0 Å². The van der Waals surface area contributed by atoms with E-state index in [9.17, 15) is 4.79 Å². The van der Waals surface area contributed by atoms with Gasteiger partial charge in [-0.2, -0.15) is 0 Å². The molecule has 2 heterocycles. The van der Waals surface area contributed by atoms with Gasteiger partial charge in [0.05, 0.1) is 5.41 Å². The smallest absolute Gasteiger partial charge is 0.227 e. The van der Waals surface area contributed by atoms with Gasteiger partial charge >= 0.3 is 0 Å². The zero-order chi connectivity index (χ0) is 14.7. The van der Waals surface area contributed by atoms with Crippen molar-refractivity contribution in [2.75, 3.05) is 32.7 Å². The Kier molecular flexibility index (Phi) is 4.85. The Labute approximate surface area is 129 Å². The number of carbonyl (C=O) groups excluding carboxylic acids is 1. The van der Waals surface area contributed by atoms with E-state index >= 15 is 0 Å². The molecule has 3 aliphatic rings. The molecular weight excluding hydrogens is 262 g/mol. The number of carbonyl (C=O) groups is 1. The molecule has 0 spiro atoms. The summed E-state index contributed by atoms with van der Waals surface area (Å²) >= 11 is 0. The van der Waals surface area contributed by atoms with E-state index in [0.29, 0.717) is 11.8 Å². The van der Waals surface area contributed by atoms with Crippen LogP contribution in [-0.4, -0.2) is 49.6 Å². The molecule has 1 amide bonds. The third kappa shape index (κ3) is 3.59. The first kappa shape index (κ1) is 15.3. The average molecular weight is 293 g/mol. The molecule has 2 aliphatic heterocycles. The van der Waals surface area contributed by atoms with E-state index in [1.54, 1.807) is 0 Å². The van der Waals surface area contributed by atoms with E-state index in [1.807, 2.05) is 0 Å². The Bertz CT molecular complexity index is 356. The van der Waals surface area contributed by atoms with Crippen molar-refractivity contribution in [1.29, 1.82) is 0 Å². The highest BCUT2D eigenvalue weighted by Gasteiger charge is 2.39. The predicted molar refractivity (Wildman–Crippen MR) is 85.2 cm³/mol. The van der Waals surface area contributed by atoms with Crippen molar-refractivity contribution in [3.63, 3.8) is 0 Å². The van der Waals surface area contributed by atoms with Crippen molar-refractivity contribution in [3.05, 3.63) is 0 Å². The molecule has 0 aromatic carbocycles. The highest BCUT2D eigenvalue weighted by molar-refractivity contribution is 5.83. The molecule has 0 bridgehead atoms. The van der Waals surface area contributed by atoms with Crippen molar-refractivity contribution < 1.29 is 4.79 Å². The first-order valence-electron chi connectivity index (χ1n) is 8.96. The van der Waals surface area contributed by atoms with Crippen LogP contribution in [0.5, 0.6) is 0 Å². The number of hydrogen-bond donors (Lipinski definition) is 2. The molecule has 3 fully saturated rings. The van der Waals surface area contributed by atoms with E-state index in [4.69, 9.17) is 0 Å². The van der Waals surface area contributed by atoms with E-state index in [2.05, 4.69) is 22.5 Å². The lowest BCUT2D eigenvalue weighted by atomic mass is 9.76. The van der Waals surface area contributed by atoms with E-state index < -0.39 is 0 Å². The van der Waals surface area contributed by atoms with Crippen LogP contribution in [0.1, 0.15) is 51.9 Å². The summed E-state index contributed by atoms with van der Waals surface area (Å²) in [6.07, 6.45) is 8.34. The SMILES string of the molecule is CCCC1(C(=O)NCC2CCN(C3CC3)C2)CCCNC1. The molecule has 2 atom stereocenters. The molecule has 0 aromatic heterocycles. The highest BCUT2D eigenvalue weighted by atomic mass is 16.2. The zero-order valence-corrected chi connectivity index (χ0v) is 13.5. The zero-order valence-electron chi connectivity index (χ0n) is 13.5. The molecule has 21 heavy (non-hydrogen) atoms. The Morgan fingerprint density at radius 3 is 2.90 bits per heavy atom. The summed E-state index contributed by atoms with van der Waals surface area (Å²) in [6.45, 7) is 7.45. The molecule has 1 aliphatic carbocycles. The lowest BCUT2D eigenvalue weighted by Gasteiger charge is -2.36. The largest absolute Gasteiger partial charge is 0.355 e. The van der Waals surface area contributed by atoms with E-state index in [-0.39, 0.29) is 5.41 Å². The van der Waals surface area contributed by atoms with Gasteiger partial charge in [-0.3, -0.25) is 4.79 Å². The second-order valence-electron chi connectivity index (χ2n) is 7.40. The van der Waals surface area contributed by atoms with Crippen LogP contribution in [-0.2, 0) is 4.79 Å². The summed E-state index contributed by atoms with van der Waals surface area (Å²) in [6, 6.07) is 0.875. The summed E-state index contributed by atoms with van der Waals surface area (Å²) < 4.78 is 0. The first-order valence-corrected chi connectivity index (χ1v) is 8.96. The van der Waals surface area contributed by atoms with Gasteiger partial charge in [-0.05, 0) is 57.5 Å². The van der Waals surface area contributed by atoms with Crippen molar-refractivity contribution in [2.24, 2.45) is 11.3 Å². The standard InChI is InChI=1S/C17H31N3O/c1-2-7-17(8-3-9-18-13-17)16(21)19-11-14-6-10-20(12-14)15-4-5-15/h14-15,18H,2-13H2,1H3,(H,19,21). The molecule has 3 rings (SSSR count). The molecular formula is C17H31N3O. The Balaban J connectivity index is 1.47. The summed E-state index contributed by atoms with van der Waals surface area (Å²) in [5.74, 6) is 0.978. The number of nitrogens with one attached hydrogen (secondary N) is 2. The lowest BCUT2D eigenvalue weighted by molar-refractivity contribution is -0.132. The molecule has 2 N–H and O–H groups in total. The number of hydrogen-bond acceptors (Lipinski definition) is 3. The average Bonchev–Trinajstić information content (AvgIpc) is 3.25. The normalized spacial score (nSPS) is 34.0. The molecule has 0 radical (unpaired) electrons. The van der Waals surface area contributed by atoms with Crippen molar-refractivity contribution >= 4 is 5.91 Å². The van der Waals surface area contributed by atoms with Crippen molar-refractivity contribution in [2.45, 2.75) is 57.9 Å². The molecule has 120 valence electrons. The minimum atomic E-state index is -0.137. The minimum absolute atomic E-state index is 0.137. The van der Waals surface area contributed by atoms with Gasteiger partial charge in [0.15, 0.2) is 0 Å². The van der Waals surface area contributed by atoms with Crippen LogP contribution < -0.4 is 10.6 Å². The first-order chi connectivity index (χ1) is 10.2. The van der Waals surface area contributed by atoms with Gasteiger partial charge in [0, 0.05) is 25.7 Å². The molecule has 2 unspecified atom stereocenters. The van der Waals surface area contributed by atoms with Crippen molar-refractivity contribution in [1.82, 2.24) is 15.5 Å². The number of likely N-dealkylation sites (tertiary alicyclic amines) is 1. The van der Waals surface area contributed by atoms with Crippen LogP contribution in [0.2, 0.25) is 0 Å². The topological polar surface area (TPSA) is 44.4 Å². The Hall–Kier alpha value is -0.610. The number of amides is 1. The number of nitrogens with zero attached hydrogens (tertiary/aromatic N) is 1. The predicted octanol–water partition coefficient (Wildman–Crippen LogP) is 1.76. The van der Waals surface area contributed by atoms with Gasteiger partial charge in [-0.1, -0.05) is 13.3 Å². The summed E-state index contributed by atoms with van der Waals surface area (Å²) in [5.41, 5.74) is -0.137. The monoisotopic (exact) mass is 293 g/mol. The van der Waals surface area contributed by atoms with Crippen LogP contribution >= 0.6 is 0 Å². The fraction of sp³-hybridized carbons (Fsp3) is 0.941.